The Bertz CT molecular complexity index is 1080. The number of anilines is 2. The van der Waals surface area contributed by atoms with Gasteiger partial charge in [0.25, 0.3) is 5.91 Å². The van der Waals surface area contributed by atoms with Crippen molar-refractivity contribution in [3.05, 3.63) is 60.2 Å². The van der Waals surface area contributed by atoms with Crippen molar-refractivity contribution in [2.75, 3.05) is 23.4 Å². The van der Waals surface area contributed by atoms with Gasteiger partial charge in [0.1, 0.15) is 5.54 Å². The van der Waals surface area contributed by atoms with Crippen LogP contribution in [0.1, 0.15) is 24.8 Å². The number of rotatable bonds is 1. The molecule has 4 aliphatic rings. The average Bonchev–Trinajstić information content (AvgIpc) is 3.32. The van der Waals surface area contributed by atoms with Crippen molar-refractivity contribution in [1.82, 2.24) is 4.90 Å². The van der Waals surface area contributed by atoms with E-state index in [1.54, 1.807) is 24.1 Å². The minimum absolute atomic E-state index is 0.0841. The first-order chi connectivity index (χ1) is 14.6. The van der Waals surface area contributed by atoms with Crippen molar-refractivity contribution >= 4 is 29.1 Å². The third-order valence-electron chi connectivity index (χ3n) is 7.54. The first kappa shape index (κ1) is 17.8. The van der Waals surface area contributed by atoms with Crippen molar-refractivity contribution < 1.29 is 14.4 Å². The monoisotopic (exact) mass is 401 g/mol. The molecule has 2 aromatic carbocycles. The van der Waals surface area contributed by atoms with Crippen molar-refractivity contribution in [2.24, 2.45) is 11.8 Å². The number of fused-ring (bicyclic) bond motifs is 7. The van der Waals surface area contributed by atoms with Gasteiger partial charge in [0.2, 0.25) is 11.8 Å². The van der Waals surface area contributed by atoms with Crippen LogP contribution >= 0.6 is 0 Å². The lowest BCUT2D eigenvalue weighted by Gasteiger charge is -2.42. The average molecular weight is 401 g/mol. The molecule has 0 unspecified atom stereocenters. The Labute approximate surface area is 175 Å². The Morgan fingerprint density at radius 1 is 0.900 bits per heavy atom. The molecule has 152 valence electrons. The molecule has 1 spiro atoms. The molecule has 6 rings (SSSR count). The second-order valence-corrected chi connectivity index (χ2v) is 8.76. The van der Waals surface area contributed by atoms with Gasteiger partial charge in [-0.3, -0.25) is 19.3 Å². The largest absolute Gasteiger partial charge is 0.313 e. The van der Waals surface area contributed by atoms with E-state index in [4.69, 9.17) is 0 Å². The van der Waals surface area contributed by atoms with Gasteiger partial charge in [-0.05, 0) is 37.6 Å². The molecule has 4 aliphatic heterocycles. The molecule has 0 aromatic heterocycles. The second kappa shape index (κ2) is 6.01. The van der Waals surface area contributed by atoms with Gasteiger partial charge in [-0.2, -0.15) is 0 Å². The maximum absolute atomic E-state index is 13.9. The van der Waals surface area contributed by atoms with E-state index in [1.165, 1.54) is 4.90 Å². The Kier molecular flexibility index (Phi) is 3.58. The minimum Gasteiger partial charge on any atom is -0.313 e. The molecule has 0 bridgehead atoms. The predicted octanol–water partition coefficient (Wildman–Crippen LogP) is 2.53. The van der Waals surface area contributed by atoms with Crippen LogP contribution < -0.4 is 9.80 Å². The number of carbonyl (C=O) groups excluding carboxylic acids is 3. The molecule has 0 saturated carbocycles. The van der Waals surface area contributed by atoms with Crippen LogP contribution in [0.15, 0.2) is 54.6 Å². The highest BCUT2D eigenvalue weighted by Crippen LogP contribution is 2.61. The Hall–Kier alpha value is -2.99. The zero-order valence-electron chi connectivity index (χ0n) is 16.8. The molecule has 4 heterocycles. The molecule has 0 radical (unpaired) electrons. The number of carbonyl (C=O) groups is 3. The van der Waals surface area contributed by atoms with Crippen LogP contribution in [0.3, 0.4) is 0 Å². The highest BCUT2D eigenvalue weighted by Gasteiger charge is 2.74. The SMILES string of the molecule is CN1C(=O)[C@@]2(c3ccccc31)[C@@H]1C(=O)N(c3ccccc3)C(=O)[C@@H]1[C@H]1CCCCN12. The molecule has 3 saturated heterocycles. The normalized spacial score (nSPS) is 32.7. The summed E-state index contributed by atoms with van der Waals surface area (Å²) in [5.74, 6) is -1.67. The smallest absolute Gasteiger partial charge is 0.252 e. The van der Waals surface area contributed by atoms with Crippen LogP contribution in [0.25, 0.3) is 0 Å². The number of imide groups is 1. The first-order valence-electron chi connectivity index (χ1n) is 10.7. The number of benzene rings is 2. The molecule has 0 aliphatic carbocycles. The maximum atomic E-state index is 13.9. The van der Waals surface area contributed by atoms with Crippen molar-refractivity contribution in [3.63, 3.8) is 0 Å². The number of piperidine rings is 1. The molecule has 6 heteroatoms. The third-order valence-corrected chi connectivity index (χ3v) is 7.54. The quantitative estimate of drug-likeness (QED) is 0.689. The third kappa shape index (κ3) is 1.90. The molecule has 3 amide bonds. The summed E-state index contributed by atoms with van der Waals surface area (Å²) < 4.78 is 0. The van der Waals surface area contributed by atoms with Crippen LogP contribution in [0, 0.1) is 11.8 Å². The van der Waals surface area contributed by atoms with Gasteiger partial charge in [0.05, 0.1) is 17.5 Å². The highest BCUT2D eigenvalue weighted by atomic mass is 16.2. The lowest BCUT2D eigenvalue weighted by atomic mass is 9.76. The van der Waals surface area contributed by atoms with E-state index in [0.29, 0.717) is 5.69 Å². The van der Waals surface area contributed by atoms with Crippen LogP contribution in [0.5, 0.6) is 0 Å². The zero-order chi connectivity index (χ0) is 20.6. The van der Waals surface area contributed by atoms with E-state index >= 15 is 0 Å². The van der Waals surface area contributed by atoms with Crippen LogP contribution in [0.4, 0.5) is 11.4 Å². The molecular formula is C24H23N3O3. The minimum atomic E-state index is -1.09. The van der Waals surface area contributed by atoms with E-state index in [-0.39, 0.29) is 23.8 Å². The van der Waals surface area contributed by atoms with E-state index in [9.17, 15) is 14.4 Å². The molecular weight excluding hydrogens is 378 g/mol. The van der Waals surface area contributed by atoms with E-state index in [0.717, 1.165) is 37.1 Å². The van der Waals surface area contributed by atoms with Gasteiger partial charge in [-0.1, -0.05) is 42.8 Å². The summed E-state index contributed by atoms with van der Waals surface area (Å²) in [4.78, 5) is 46.6. The summed E-state index contributed by atoms with van der Waals surface area (Å²) in [5, 5.41) is 0. The fraction of sp³-hybridized carbons (Fsp3) is 0.375. The molecule has 4 atom stereocenters. The van der Waals surface area contributed by atoms with Crippen LogP contribution in [0.2, 0.25) is 0 Å². The highest BCUT2D eigenvalue weighted by molar-refractivity contribution is 6.26. The Balaban J connectivity index is 1.59. The topological polar surface area (TPSA) is 60.9 Å². The van der Waals surface area contributed by atoms with Gasteiger partial charge in [0, 0.05) is 24.3 Å². The number of nitrogens with zero attached hydrogens (tertiary/aromatic N) is 3. The van der Waals surface area contributed by atoms with Gasteiger partial charge in [0.15, 0.2) is 0 Å². The number of likely N-dealkylation sites (N-methyl/N-ethyl adjacent to an activating group) is 1. The molecule has 3 fully saturated rings. The first-order valence-corrected chi connectivity index (χ1v) is 10.7. The fourth-order valence-corrected chi connectivity index (χ4v) is 6.44. The van der Waals surface area contributed by atoms with Crippen molar-refractivity contribution in [3.8, 4) is 0 Å². The summed E-state index contributed by atoms with van der Waals surface area (Å²) in [6, 6.07) is 16.8. The summed E-state index contributed by atoms with van der Waals surface area (Å²) in [5.41, 5.74) is 1.21. The van der Waals surface area contributed by atoms with Crippen molar-refractivity contribution in [2.45, 2.75) is 30.8 Å². The number of amides is 3. The Morgan fingerprint density at radius 3 is 2.43 bits per heavy atom. The lowest BCUT2D eigenvalue weighted by molar-refractivity contribution is -0.138. The summed E-state index contributed by atoms with van der Waals surface area (Å²) in [6.07, 6.45) is 2.82. The molecule has 30 heavy (non-hydrogen) atoms. The van der Waals surface area contributed by atoms with E-state index in [2.05, 4.69) is 4.90 Å². The van der Waals surface area contributed by atoms with Crippen molar-refractivity contribution in [1.29, 1.82) is 0 Å². The number of para-hydroxylation sites is 2. The molecule has 0 N–H and O–H groups in total. The second-order valence-electron chi connectivity index (χ2n) is 8.76. The van der Waals surface area contributed by atoms with Gasteiger partial charge in [-0.25, -0.2) is 4.90 Å². The summed E-state index contributed by atoms with van der Waals surface area (Å²) in [6.45, 7) is 0.734. The van der Waals surface area contributed by atoms with Gasteiger partial charge < -0.3 is 4.90 Å². The lowest BCUT2D eigenvalue weighted by Crippen LogP contribution is -2.57. The molecule has 6 nitrogen and oxygen atoms in total. The Morgan fingerprint density at radius 2 is 1.63 bits per heavy atom. The fourth-order valence-electron chi connectivity index (χ4n) is 6.44. The standard InChI is InChI=1S/C24H23N3O3/c1-25-17-12-6-5-11-16(17)24(23(25)30)20-19(18-13-7-8-14-26(18)24)21(28)27(22(20)29)15-9-3-2-4-10-15/h2-6,9-12,18-20H,7-8,13-14H2,1H3/t18-,19-,20+,24-/m1/s1. The maximum Gasteiger partial charge on any atom is 0.252 e. The predicted molar refractivity (Wildman–Crippen MR) is 112 cm³/mol. The van der Waals surface area contributed by atoms with Crippen LogP contribution in [-0.2, 0) is 19.9 Å². The zero-order valence-corrected chi connectivity index (χ0v) is 16.8. The summed E-state index contributed by atoms with van der Waals surface area (Å²) in [7, 11) is 1.78. The van der Waals surface area contributed by atoms with Crippen LogP contribution in [-0.4, -0.2) is 42.3 Å². The van der Waals surface area contributed by atoms with E-state index < -0.39 is 17.4 Å². The number of hydrogen-bond acceptors (Lipinski definition) is 4. The molecule has 2 aromatic rings. The van der Waals surface area contributed by atoms with Gasteiger partial charge >= 0.3 is 0 Å². The summed E-state index contributed by atoms with van der Waals surface area (Å²) >= 11 is 0. The van der Waals surface area contributed by atoms with Gasteiger partial charge in [-0.15, -0.1) is 0 Å². The van der Waals surface area contributed by atoms with E-state index in [1.807, 2.05) is 42.5 Å². The number of hydrogen-bond donors (Lipinski definition) is 0.